The van der Waals surface area contributed by atoms with Crippen LogP contribution in [0.5, 0.6) is 5.75 Å². The molecule has 0 saturated heterocycles. The van der Waals surface area contributed by atoms with E-state index in [1.165, 1.54) is 0 Å². The first kappa shape index (κ1) is 30.9. The molecule has 5 nitrogen and oxygen atoms in total. The van der Waals surface area contributed by atoms with Crippen LogP contribution < -0.4 is 4.74 Å². The Labute approximate surface area is 302 Å². The highest BCUT2D eigenvalue weighted by Crippen LogP contribution is 2.52. The van der Waals surface area contributed by atoms with Gasteiger partial charge >= 0.3 is 0 Å². The summed E-state index contributed by atoms with van der Waals surface area (Å²) in [5, 5.41) is 0. The molecule has 2 heterocycles. The van der Waals surface area contributed by atoms with E-state index in [0.29, 0.717) is 23.2 Å². The average molecular weight is 667 g/mol. The van der Waals surface area contributed by atoms with Crippen LogP contribution in [-0.2, 0) is 5.60 Å². The van der Waals surface area contributed by atoms with Crippen molar-refractivity contribution in [2.45, 2.75) is 5.60 Å². The molecule has 0 radical (unpaired) electrons. The van der Waals surface area contributed by atoms with Crippen LogP contribution in [0.15, 0.2) is 182 Å². The number of benzene rings is 7. The maximum absolute atomic E-state index is 7.32. The van der Waals surface area contributed by atoms with Gasteiger partial charge in [-0.25, -0.2) is 19.8 Å². The van der Waals surface area contributed by atoms with Crippen LogP contribution in [0.1, 0.15) is 16.7 Å². The van der Waals surface area contributed by atoms with Gasteiger partial charge in [-0.1, -0.05) is 164 Å². The van der Waals surface area contributed by atoms with Gasteiger partial charge in [0.05, 0.1) is 6.57 Å². The van der Waals surface area contributed by atoms with Crippen LogP contribution >= 0.6 is 0 Å². The standard InChI is InChI=1S/C47H30N4O/c1-48-39-27-24-32(25-28-39)34-16-13-17-35(30-34)45-49-44(33-14-5-2-6-15-33)50-46(51-45)36-26-29-41-40-22-11-12-23-42(40)47(52-43(41)31-36,37-18-7-3-8-19-37)38-20-9-4-10-21-38/h2-31H. The smallest absolute Gasteiger partial charge is 0.187 e. The van der Waals surface area contributed by atoms with Crippen LogP contribution in [0, 0.1) is 6.57 Å². The summed E-state index contributed by atoms with van der Waals surface area (Å²) in [7, 11) is 0. The van der Waals surface area contributed by atoms with E-state index in [2.05, 4.69) is 108 Å². The monoisotopic (exact) mass is 666 g/mol. The molecule has 0 fully saturated rings. The van der Waals surface area contributed by atoms with E-state index in [1.807, 2.05) is 78.9 Å². The molecule has 0 unspecified atom stereocenters. The molecule has 1 aromatic heterocycles. The summed E-state index contributed by atoms with van der Waals surface area (Å²) in [4.78, 5) is 18.7. The molecule has 0 saturated carbocycles. The van der Waals surface area contributed by atoms with Crippen molar-refractivity contribution in [2.75, 3.05) is 0 Å². The third-order valence-corrected chi connectivity index (χ3v) is 9.58. The van der Waals surface area contributed by atoms with Crippen molar-refractivity contribution in [3.05, 3.63) is 210 Å². The van der Waals surface area contributed by atoms with Crippen LogP contribution in [0.3, 0.4) is 0 Å². The molecular weight excluding hydrogens is 637 g/mol. The Morgan fingerprint density at radius 2 is 0.942 bits per heavy atom. The van der Waals surface area contributed by atoms with E-state index < -0.39 is 5.60 Å². The zero-order valence-corrected chi connectivity index (χ0v) is 28.0. The van der Waals surface area contributed by atoms with E-state index in [4.69, 9.17) is 26.3 Å². The van der Waals surface area contributed by atoms with Gasteiger partial charge in [0.1, 0.15) is 5.75 Å². The lowest BCUT2D eigenvalue weighted by atomic mass is 9.75. The van der Waals surface area contributed by atoms with Gasteiger partial charge in [0.15, 0.2) is 28.8 Å². The Morgan fingerprint density at radius 3 is 1.60 bits per heavy atom. The second kappa shape index (κ2) is 12.9. The highest BCUT2D eigenvalue weighted by Gasteiger charge is 2.44. The van der Waals surface area contributed by atoms with Crippen LogP contribution in [-0.4, -0.2) is 15.0 Å². The second-order valence-electron chi connectivity index (χ2n) is 12.7. The number of fused-ring (bicyclic) bond motifs is 3. The van der Waals surface area contributed by atoms with Gasteiger partial charge in [-0.05, 0) is 34.9 Å². The van der Waals surface area contributed by atoms with E-state index >= 15 is 0 Å². The molecule has 244 valence electrons. The van der Waals surface area contributed by atoms with Crippen molar-refractivity contribution in [2.24, 2.45) is 0 Å². The Morgan fingerprint density at radius 1 is 0.423 bits per heavy atom. The van der Waals surface area contributed by atoms with Gasteiger partial charge in [0, 0.05) is 38.9 Å². The number of rotatable bonds is 6. The van der Waals surface area contributed by atoms with Crippen molar-refractivity contribution in [1.29, 1.82) is 0 Å². The number of ether oxygens (including phenoxy) is 1. The summed E-state index contributed by atoms with van der Waals surface area (Å²) >= 11 is 0. The molecule has 5 heteroatoms. The molecule has 0 spiro atoms. The van der Waals surface area contributed by atoms with E-state index in [-0.39, 0.29) is 0 Å². The van der Waals surface area contributed by atoms with Crippen molar-refractivity contribution in [3.63, 3.8) is 0 Å². The minimum absolute atomic E-state index is 0.547. The van der Waals surface area contributed by atoms with E-state index in [1.54, 1.807) is 0 Å². The summed E-state index contributed by atoms with van der Waals surface area (Å²) in [5.74, 6) is 2.44. The van der Waals surface area contributed by atoms with Crippen LogP contribution in [0.2, 0.25) is 0 Å². The molecule has 8 aromatic rings. The fourth-order valence-electron chi connectivity index (χ4n) is 7.07. The summed E-state index contributed by atoms with van der Waals surface area (Å²) < 4.78 is 7.30. The van der Waals surface area contributed by atoms with Crippen molar-refractivity contribution >= 4 is 5.69 Å². The van der Waals surface area contributed by atoms with Gasteiger partial charge in [-0.3, -0.25) is 0 Å². The molecule has 0 N–H and O–H groups in total. The minimum atomic E-state index is -0.877. The lowest BCUT2D eigenvalue weighted by molar-refractivity contribution is 0.152. The Bertz CT molecular complexity index is 2560. The van der Waals surface area contributed by atoms with E-state index in [9.17, 15) is 0 Å². The number of nitrogens with zero attached hydrogens (tertiary/aromatic N) is 4. The molecule has 0 aliphatic carbocycles. The molecule has 7 aromatic carbocycles. The minimum Gasteiger partial charge on any atom is -0.472 e. The zero-order chi connectivity index (χ0) is 34.9. The largest absolute Gasteiger partial charge is 0.472 e. The van der Waals surface area contributed by atoms with Gasteiger partial charge in [0.25, 0.3) is 0 Å². The maximum atomic E-state index is 7.32. The summed E-state index contributed by atoms with van der Waals surface area (Å²) in [6, 6.07) is 61.4. The maximum Gasteiger partial charge on any atom is 0.187 e. The first-order chi connectivity index (χ1) is 25.7. The van der Waals surface area contributed by atoms with Crippen LogP contribution in [0.25, 0.3) is 61.3 Å². The number of aromatic nitrogens is 3. The quantitative estimate of drug-likeness (QED) is 0.166. The zero-order valence-electron chi connectivity index (χ0n) is 28.0. The first-order valence-corrected chi connectivity index (χ1v) is 17.1. The SMILES string of the molecule is [C-]#[N+]c1ccc(-c2cccc(-c3nc(-c4ccccc4)nc(-c4ccc5c(c4)OC(c4ccccc4)(c4ccccc4)c4ccccc4-5)n3)c2)cc1. The molecule has 0 amide bonds. The number of hydrogen-bond donors (Lipinski definition) is 0. The normalized spacial score (nSPS) is 12.5. The lowest BCUT2D eigenvalue weighted by Gasteiger charge is -2.41. The molecule has 9 rings (SSSR count). The highest BCUT2D eigenvalue weighted by molar-refractivity contribution is 5.82. The van der Waals surface area contributed by atoms with Gasteiger partial charge in [-0.15, -0.1) is 0 Å². The van der Waals surface area contributed by atoms with Crippen molar-refractivity contribution < 1.29 is 4.74 Å². The molecule has 1 aliphatic rings. The predicted octanol–water partition coefficient (Wildman–Crippen LogP) is 11.4. The van der Waals surface area contributed by atoms with Crippen LogP contribution in [0.4, 0.5) is 5.69 Å². The van der Waals surface area contributed by atoms with Gasteiger partial charge in [0.2, 0.25) is 0 Å². The molecule has 0 bridgehead atoms. The van der Waals surface area contributed by atoms with Gasteiger partial charge in [-0.2, -0.15) is 0 Å². The first-order valence-electron chi connectivity index (χ1n) is 17.1. The highest BCUT2D eigenvalue weighted by atomic mass is 16.5. The second-order valence-corrected chi connectivity index (χ2v) is 12.7. The molecule has 0 atom stereocenters. The number of hydrogen-bond acceptors (Lipinski definition) is 4. The summed E-state index contributed by atoms with van der Waals surface area (Å²) in [6.45, 7) is 7.32. The summed E-state index contributed by atoms with van der Waals surface area (Å²) in [5.41, 5.74) is 9.64. The Kier molecular flexibility index (Phi) is 7.68. The van der Waals surface area contributed by atoms with Crippen molar-refractivity contribution in [1.82, 2.24) is 15.0 Å². The Hall–Kier alpha value is -7.16. The fraction of sp³-hybridized carbons (Fsp3) is 0.0213. The third-order valence-electron chi connectivity index (χ3n) is 9.58. The molecular formula is C47H30N4O. The van der Waals surface area contributed by atoms with E-state index in [0.717, 1.165) is 61.4 Å². The topological polar surface area (TPSA) is 52.3 Å². The van der Waals surface area contributed by atoms with Crippen molar-refractivity contribution in [3.8, 4) is 62.2 Å². The summed E-state index contributed by atoms with van der Waals surface area (Å²) in [6.07, 6.45) is 0. The predicted molar refractivity (Wildman–Crippen MR) is 207 cm³/mol. The lowest BCUT2D eigenvalue weighted by Crippen LogP contribution is -2.38. The van der Waals surface area contributed by atoms with Gasteiger partial charge < -0.3 is 4.74 Å². The third kappa shape index (κ3) is 5.40. The molecule has 1 aliphatic heterocycles. The average Bonchev–Trinajstić information content (AvgIpc) is 3.24. The fourth-order valence-corrected chi connectivity index (χ4v) is 7.07. The molecule has 52 heavy (non-hydrogen) atoms. The Balaban J connectivity index is 1.21.